The highest BCUT2D eigenvalue weighted by Gasteiger charge is 2.11. The smallest absolute Gasteiger partial charge is 0.306 e. The predicted octanol–water partition coefficient (Wildman–Crippen LogP) is 7.28. The van der Waals surface area contributed by atoms with Crippen molar-refractivity contribution in [3.05, 3.63) is 35.9 Å². The Bertz CT molecular complexity index is 700. The van der Waals surface area contributed by atoms with Crippen molar-refractivity contribution in [3.8, 4) is 0 Å². The standard InChI is InChI=1S/C26H40O3/c27-25(24-19-13-9-14-20-24)22-29-26(28)21-15-6-4-2-1-3-5-10-16-23-17-11-7-8-12-18-23/h9,13-14,19-20,23H,1-8,10-12,15-18,21-22H2/i7D,8D,11D,18D. The first-order valence-corrected chi connectivity index (χ1v) is 11.3. The maximum absolute atomic E-state index is 11.9. The number of ketones is 1. The van der Waals surface area contributed by atoms with Gasteiger partial charge in [-0.15, -0.1) is 0 Å². The molecule has 2 rings (SSSR count). The van der Waals surface area contributed by atoms with E-state index in [1.165, 1.54) is 0 Å². The number of Topliss-reactive ketones (excluding diaryl/α,β-unsaturated/α-hetero) is 1. The summed E-state index contributed by atoms with van der Waals surface area (Å²) >= 11 is 0. The maximum Gasteiger partial charge on any atom is 0.306 e. The first-order chi connectivity index (χ1) is 15.9. The van der Waals surface area contributed by atoms with E-state index in [2.05, 4.69) is 0 Å². The molecule has 0 spiro atoms. The van der Waals surface area contributed by atoms with E-state index in [0.717, 1.165) is 57.8 Å². The molecule has 1 aliphatic rings. The van der Waals surface area contributed by atoms with Crippen molar-refractivity contribution < 1.29 is 19.8 Å². The third-order valence-electron chi connectivity index (χ3n) is 5.48. The number of unbranched alkanes of at least 4 members (excludes halogenated alkanes) is 7. The molecule has 5 atom stereocenters. The molecule has 3 heteroatoms. The quantitative estimate of drug-likeness (QED) is 0.142. The lowest BCUT2D eigenvalue weighted by atomic mass is 9.93. The topological polar surface area (TPSA) is 43.4 Å². The fourth-order valence-electron chi connectivity index (χ4n) is 3.69. The summed E-state index contributed by atoms with van der Waals surface area (Å²) in [6.45, 7) is -0.194. The van der Waals surface area contributed by atoms with Gasteiger partial charge in [0.05, 0.1) is 0 Å². The molecule has 1 aromatic rings. The molecule has 1 aliphatic carbocycles. The van der Waals surface area contributed by atoms with Gasteiger partial charge < -0.3 is 4.74 Å². The van der Waals surface area contributed by atoms with Crippen LogP contribution in [0.4, 0.5) is 0 Å². The van der Waals surface area contributed by atoms with E-state index >= 15 is 0 Å². The van der Waals surface area contributed by atoms with Crippen LogP contribution in [0.2, 0.25) is 0 Å². The Morgan fingerprint density at radius 3 is 2.34 bits per heavy atom. The Hall–Kier alpha value is -1.64. The molecule has 29 heavy (non-hydrogen) atoms. The van der Waals surface area contributed by atoms with Crippen LogP contribution in [0.25, 0.3) is 0 Å². The zero-order valence-electron chi connectivity index (χ0n) is 21.7. The molecule has 0 saturated heterocycles. The molecule has 5 unspecified atom stereocenters. The number of rotatable bonds is 14. The van der Waals surface area contributed by atoms with Crippen LogP contribution in [0.1, 0.15) is 118 Å². The largest absolute Gasteiger partial charge is 0.457 e. The molecule has 1 fully saturated rings. The molecule has 0 bridgehead atoms. The lowest BCUT2D eigenvalue weighted by Crippen LogP contribution is -2.13. The SMILES string of the molecule is [2H]C1CC([2H])C([2H])C([2H])CC1CCCCCCCCCCC(=O)OCC(=O)c1ccccc1. The van der Waals surface area contributed by atoms with Crippen LogP contribution < -0.4 is 0 Å². The van der Waals surface area contributed by atoms with Crippen LogP contribution in [-0.2, 0) is 9.53 Å². The highest BCUT2D eigenvalue weighted by Crippen LogP contribution is 2.27. The second-order valence-corrected chi connectivity index (χ2v) is 7.95. The fraction of sp³-hybridized carbons (Fsp3) is 0.692. The summed E-state index contributed by atoms with van der Waals surface area (Å²) in [6.07, 6.45) is 8.77. The summed E-state index contributed by atoms with van der Waals surface area (Å²) in [5, 5.41) is 0. The molecule has 0 N–H and O–H groups in total. The summed E-state index contributed by atoms with van der Waals surface area (Å²) in [4.78, 5) is 23.7. The number of hydrogen-bond acceptors (Lipinski definition) is 3. The van der Waals surface area contributed by atoms with Gasteiger partial charge in [0, 0.05) is 17.5 Å². The van der Waals surface area contributed by atoms with Crippen molar-refractivity contribution in [2.24, 2.45) is 5.92 Å². The third kappa shape index (κ3) is 11.2. The van der Waals surface area contributed by atoms with Crippen LogP contribution >= 0.6 is 0 Å². The minimum Gasteiger partial charge on any atom is -0.457 e. The average Bonchev–Trinajstić information content (AvgIpc) is 2.90. The zero-order valence-corrected chi connectivity index (χ0v) is 17.7. The van der Waals surface area contributed by atoms with E-state index in [9.17, 15) is 9.59 Å². The Kier molecular flexibility index (Phi) is 9.54. The van der Waals surface area contributed by atoms with Gasteiger partial charge in [0.2, 0.25) is 0 Å². The summed E-state index contributed by atoms with van der Waals surface area (Å²) in [5.74, 6) is -0.325. The monoisotopic (exact) mass is 404 g/mol. The zero-order chi connectivity index (χ0) is 24.1. The molecular weight excluding hydrogens is 360 g/mol. The average molecular weight is 405 g/mol. The van der Waals surface area contributed by atoms with Gasteiger partial charge >= 0.3 is 5.97 Å². The first-order valence-electron chi connectivity index (χ1n) is 13.6. The molecule has 1 saturated carbocycles. The molecule has 162 valence electrons. The summed E-state index contributed by atoms with van der Waals surface area (Å²) in [6, 6.07) is 8.85. The van der Waals surface area contributed by atoms with Gasteiger partial charge in [-0.25, -0.2) is 0 Å². The van der Waals surface area contributed by atoms with E-state index in [4.69, 9.17) is 10.2 Å². The fourth-order valence-corrected chi connectivity index (χ4v) is 3.69. The third-order valence-corrected chi connectivity index (χ3v) is 5.48. The summed E-state index contributed by atoms with van der Waals surface area (Å²) in [5.41, 5.74) is 0.558. The Balaban J connectivity index is 1.43. The Labute approximate surface area is 183 Å². The van der Waals surface area contributed by atoms with Gasteiger partial charge in [-0.3, -0.25) is 9.59 Å². The van der Waals surface area contributed by atoms with Crippen LogP contribution in [-0.4, -0.2) is 18.4 Å². The maximum atomic E-state index is 11.9. The van der Waals surface area contributed by atoms with Gasteiger partial charge in [-0.1, -0.05) is 120 Å². The number of benzene rings is 1. The molecule has 0 aliphatic heterocycles. The van der Waals surface area contributed by atoms with E-state index in [1.54, 1.807) is 24.3 Å². The molecule has 0 amide bonds. The predicted molar refractivity (Wildman–Crippen MR) is 119 cm³/mol. The molecule has 0 aromatic heterocycles. The number of carbonyl (C=O) groups is 2. The lowest BCUT2D eigenvalue weighted by molar-refractivity contribution is -0.142. The van der Waals surface area contributed by atoms with Crippen LogP contribution in [0.5, 0.6) is 0 Å². The number of esters is 1. The van der Waals surface area contributed by atoms with Crippen LogP contribution in [0, 0.1) is 5.92 Å². The van der Waals surface area contributed by atoms with E-state index in [1.807, 2.05) is 6.07 Å². The van der Waals surface area contributed by atoms with Gasteiger partial charge in [-0.2, -0.15) is 0 Å². The van der Waals surface area contributed by atoms with Gasteiger partial charge in [0.15, 0.2) is 12.4 Å². The van der Waals surface area contributed by atoms with E-state index in [-0.39, 0.29) is 30.7 Å². The van der Waals surface area contributed by atoms with Crippen LogP contribution in [0.3, 0.4) is 0 Å². The summed E-state index contributed by atoms with van der Waals surface area (Å²) in [7, 11) is 0. The first kappa shape index (κ1) is 18.2. The van der Waals surface area contributed by atoms with Gasteiger partial charge in [0.25, 0.3) is 0 Å². The molecule has 0 radical (unpaired) electrons. The Morgan fingerprint density at radius 2 is 1.59 bits per heavy atom. The van der Waals surface area contributed by atoms with Crippen molar-refractivity contribution in [2.75, 3.05) is 6.61 Å². The number of ether oxygens (including phenoxy) is 1. The van der Waals surface area contributed by atoms with Crippen molar-refractivity contribution in [2.45, 2.75) is 103 Å². The minimum atomic E-state index is -0.665. The number of carbonyl (C=O) groups excluding carboxylic acids is 2. The molecule has 3 nitrogen and oxygen atoms in total. The van der Waals surface area contributed by atoms with Crippen molar-refractivity contribution in [1.82, 2.24) is 0 Å². The highest BCUT2D eigenvalue weighted by atomic mass is 16.5. The normalized spacial score (nSPS) is 29.0. The van der Waals surface area contributed by atoms with Crippen molar-refractivity contribution in [1.29, 1.82) is 0 Å². The minimum absolute atomic E-state index is 0.165. The molecule has 1 aromatic carbocycles. The Morgan fingerprint density at radius 1 is 0.897 bits per heavy atom. The second kappa shape index (κ2) is 15.2. The highest BCUT2D eigenvalue weighted by molar-refractivity contribution is 5.97. The van der Waals surface area contributed by atoms with E-state index in [0.29, 0.717) is 24.8 Å². The van der Waals surface area contributed by atoms with Crippen molar-refractivity contribution >= 4 is 11.8 Å². The lowest BCUT2D eigenvalue weighted by Gasteiger charge is -2.13. The van der Waals surface area contributed by atoms with E-state index < -0.39 is 19.2 Å². The van der Waals surface area contributed by atoms with Gasteiger partial charge in [-0.05, 0) is 12.3 Å². The summed E-state index contributed by atoms with van der Waals surface area (Å²) < 4.78 is 37.3. The van der Waals surface area contributed by atoms with Crippen molar-refractivity contribution in [3.63, 3.8) is 0 Å². The molecular formula is C26H40O3. The molecule has 0 heterocycles. The van der Waals surface area contributed by atoms with Crippen LogP contribution in [0.15, 0.2) is 30.3 Å². The number of hydrogen-bond donors (Lipinski definition) is 0. The second-order valence-electron chi connectivity index (χ2n) is 7.95. The van der Waals surface area contributed by atoms with Gasteiger partial charge in [0.1, 0.15) is 0 Å².